The zero-order valence-electron chi connectivity index (χ0n) is 11.4. The molecule has 0 aliphatic heterocycles. The minimum Gasteiger partial charge on any atom is -0.352 e. The molecule has 0 fully saturated rings. The molecular weight excluding hydrogens is 308 g/mol. The van der Waals surface area contributed by atoms with Crippen molar-refractivity contribution >= 4 is 33.4 Å². The number of carbonyl (C=O) groups is 2. The Hall–Kier alpha value is -1.36. The van der Waals surface area contributed by atoms with Crippen LogP contribution >= 0.6 is 15.9 Å². The number of halogens is 1. The first-order valence-electron chi connectivity index (χ1n) is 6.24. The monoisotopic (exact) mass is 326 g/mol. The Bertz CT molecular complexity index is 467. The molecule has 0 saturated carbocycles. The Morgan fingerprint density at radius 1 is 1.26 bits per heavy atom. The highest BCUT2D eigenvalue weighted by molar-refractivity contribution is 9.10. The standard InChI is InChI=1S/C14H19BrN2O2/c1-4-9-16-12(18)10-7-5-6-8-11(10)17-13(19)14(2,3)15/h5-8H,4,9H2,1-3H3,(H,16,18)(H,17,19). The highest BCUT2D eigenvalue weighted by Gasteiger charge is 2.24. The Kier molecular flexibility index (Phi) is 5.54. The van der Waals surface area contributed by atoms with Gasteiger partial charge in [0.05, 0.1) is 15.6 Å². The van der Waals surface area contributed by atoms with Gasteiger partial charge in [0, 0.05) is 6.54 Å². The second-order valence-corrected chi connectivity index (χ2v) is 6.71. The number of para-hydroxylation sites is 1. The molecule has 0 atom stereocenters. The van der Waals surface area contributed by atoms with E-state index in [0.29, 0.717) is 17.8 Å². The Morgan fingerprint density at radius 2 is 1.89 bits per heavy atom. The fraction of sp³-hybridized carbons (Fsp3) is 0.429. The number of benzene rings is 1. The summed E-state index contributed by atoms with van der Waals surface area (Å²) in [6.45, 7) is 6.11. The highest BCUT2D eigenvalue weighted by atomic mass is 79.9. The van der Waals surface area contributed by atoms with Crippen molar-refractivity contribution in [3.8, 4) is 0 Å². The van der Waals surface area contributed by atoms with Crippen LogP contribution in [0.5, 0.6) is 0 Å². The Balaban J connectivity index is 2.90. The van der Waals surface area contributed by atoms with Crippen molar-refractivity contribution in [3.05, 3.63) is 29.8 Å². The lowest BCUT2D eigenvalue weighted by molar-refractivity contribution is -0.117. The molecule has 1 aromatic carbocycles. The normalized spacial score (nSPS) is 10.9. The van der Waals surface area contributed by atoms with E-state index >= 15 is 0 Å². The van der Waals surface area contributed by atoms with Crippen molar-refractivity contribution in [3.63, 3.8) is 0 Å². The van der Waals surface area contributed by atoms with Gasteiger partial charge in [-0.15, -0.1) is 0 Å². The molecule has 4 nitrogen and oxygen atoms in total. The van der Waals surface area contributed by atoms with Gasteiger partial charge in [0.25, 0.3) is 5.91 Å². The van der Waals surface area contributed by atoms with Gasteiger partial charge in [0.1, 0.15) is 0 Å². The molecule has 0 spiro atoms. The van der Waals surface area contributed by atoms with E-state index in [4.69, 9.17) is 0 Å². The van der Waals surface area contributed by atoms with E-state index < -0.39 is 4.32 Å². The number of rotatable bonds is 5. The van der Waals surface area contributed by atoms with Crippen molar-refractivity contribution in [2.24, 2.45) is 0 Å². The molecule has 0 radical (unpaired) electrons. The molecule has 0 heterocycles. The quantitative estimate of drug-likeness (QED) is 0.817. The highest BCUT2D eigenvalue weighted by Crippen LogP contribution is 2.21. The summed E-state index contributed by atoms with van der Waals surface area (Å²) in [6, 6.07) is 6.97. The van der Waals surface area contributed by atoms with Crippen molar-refractivity contribution < 1.29 is 9.59 Å². The smallest absolute Gasteiger partial charge is 0.253 e. The van der Waals surface area contributed by atoms with Gasteiger partial charge in [-0.1, -0.05) is 35.0 Å². The summed E-state index contributed by atoms with van der Waals surface area (Å²) in [5, 5.41) is 5.56. The van der Waals surface area contributed by atoms with Crippen LogP contribution < -0.4 is 10.6 Å². The van der Waals surface area contributed by atoms with Crippen LogP contribution in [-0.4, -0.2) is 22.7 Å². The fourth-order valence-corrected chi connectivity index (χ4v) is 1.49. The summed E-state index contributed by atoms with van der Waals surface area (Å²) < 4.78 is -0.681. The van der Waals surface area contributed by atoms with Gasteiger partial charge in [-0.05, 0) is 32.4 Å². The fourth-order valence-electron chi connectivity index (χ4n) is 1.39. The van der Waals surface area contributed by atoms with Crippen molar-refractivity contribution in [2.75, 3.05) is 11.9 Å². The summed E-state index contributed by atoms with van der Waals surface area (Å²) in [5.74, 6) is -0.367. The summed E-state index contributed by atoms with van der Waals surface area (Å²) in [7, 11) is 0. The van der Waals surface area contributed by atoms with Gasteiger partial charge < -0.3 is 10.6 Å². The molecule has 0 aliphatic rings. The van der Waals surface area contributed by atoms with Gasteiger partial charge in [-0.2, -0.15) is 0 Å². The zero-order chi connectivity index (χ0) is 14.5. The third kappa shape index (κ3) is 4.67. The van der Waals surface area contributed by atoms with Gasteiger partial charge in [0.2, 0.25) is 5.91 Å². The maximum absolute atomic E-state index is 12.0. The van der Waals surface area contributed by atoms with E-state index in [1.165, 1.54) is 0 Å². The van der Waals surface area contributed by atoms with E-state index in [1.807, 2.05) is 6.92 Å². The Morgan fingerprint density at radius 3 is 2.47 bits per heavy atom. The van der Waals surface area contributed by atoms with Crippen molar-refractivity contribution in [1.82, 2.24) is 5.32 Å². The lowest BCUT2D eigenvalue weighted by Gasteiger charge is -2.17. The van der Waals surface area contributed by atoms with Gasteiger partial charge in [-0.3, -0.25) is 9.59 Å². The maximum Gasteiger partial charge on any atom is 0.253 e. The predicted molar refractivity (Wildman–Crippen MR) is 80.7 cm³/mol. The van der Waals surface area contributed by atoms with Crippen LogP contribution in [0, 0.1) is 0 Å². The molecule has 0 saturated heterocycles. The third-order valence-electron chi connectivity index (χ3n) is 2.50. The summed E-state index contributed by atoms with van der Waals surface area (Å²) in [4.78, 5) is 23.9. The minimum absolute atomic E-state index is 0.176. The number of nitrogens with one attached hydrogen (secondary N) is 2. The molecule has 19 heavy (non-hydrogen) atoms. The average molecular weight is 327 g/mol. The van der Waals surface area contributed by atoms with Crippen LogP contribution in [0.4, 0.5) is 5.69 Å². The summed E-state index contributed by atoms with van der Waals surface area (Å²) in [6.07, 6.45) is 0.870. The molecule has 5 heteroatoms. The van der Waals surface area contributed by atoms with Crippen LogP contribution in [0.3, 0.4) is 0 Å². The van der Waals surface area contributed by atoms with Crippen LogP contribution in [0.1, 0.15) is 37.6 Å². The number of hydrogen-bond acceptors (Lipinski definition) is 2. The first kappa shape index (κ1) is 15.7. The molecule has 1 rings (SSSR count). The molecular formula is C14H19BrN2O2. The van der Waals surface area contributed by atoms with Crippen LogP contribution in [0.25, 0.3) is 0 Å². The number of alkyl halides is 1. The number of hydrogen-bond donors (Lipinski definition) is 2. The first-order chi connectivity index (χ1) is 8.86. The SMILES string of the molecule is CCCNC(=O)c1ccccc1NC(=O)C(C)(C)Br. The Labute approximate surface area is 122 Å². The third-order valence-corrected chi connectivity index (χ3v) is 2.86. The number of amides is 2. The molecule has 1 aromatic rings. The van der Waals surface area contributed by atoms with Crippen molar-refractivity contribution in [1.29, 1.82) is 0 Å². The lowest BCUT2D eigenvalue weighted by Crippen LogP contribution is -2.32. The second-order valence-electron chi connectivity index (χ2n) is 4.73. The summed E-state index contributed by atoms with van der Waals surface area (Å²) >= 11 is 3.29. The largest absolute Gasteiger partial charge is 0.352 e. The molecule has 0 aliphatic carbocycles. The average Bonchev–Trinajstić information content (AvgIpc) is 2.35. The predicted octanol–water partition coefficient (Wildman–Crippen LogP) is 2.94. The van der Waals surface area contributed by atoms with E-state index in [2.05, 4.69) is 26.6 Å². The summed E-state index contributed by atoms with van der Waals surface area (Å²) in [5.41, 5.74) is 0.995. The topological polar surface area (TPSA) is 58.2 Å². The van der Waals surface area contributed by atoms with Crippen molar-refractivity contribution in [2.45, 2.75) is 31.5 Å². The van der Waals surface area contributed by atoms with Crippen LogP contribution in [0.15, 0.2) is 24.3 Å². The van der Waals surface area contributed by atoms with E-state index in [1.54, 1.807) is 38.1 Å². The molecule has 0 unspecified atom stereocenters. The first-order valence-corrected chi connectivity index (χ1v) is 7.03. The second kappa shape index (κ2) is 6.70. The molecule has 104 valence electrons. The van der Waals surface area contributed by atoms with E-state index in [9.17, 15) is 9.59 Å². The van der Waals surface area contributed by atoms with Crippen LogP contribution in [-0.2, 0) is 4.79 Å². The number of carbonyl (C=O) groups excluding carboxylic acids is 2. The van der Waals surface area contributed by atoms with Gasteiger partial charge >= 0.3 is 0 Å². The van der Waals surface area contributed by atoms with E-state index in [-0.39, 0.29) is 11.8 Å². The van der Waals surface area contributed by atoms with Gasteiger partial charge in [-0.25, -0.2) is 0 Å². The van der Waals surface area contributed by atoms with E-state index in [0.717, 1.165) is 6.42 Å². The molecule has 0 aromatic heterocycles. The maximum atomic E-state index is 12.0. The molecule has 0 bridgehead atoms. The molecule has 2 N–H and O–H groups in total. The zero-order valence-corrected chi connectivity index (χ0v) is 13.0. The van der Waals surface area contributed by atoms with Crippen LogP contribution in [0.2, 0.25) is 0 Å². The van der Waals surface area contributed by atoms with Gasteiger partial charge in [0.15, 0.2) is 0 Å². The molecule has 2 amide bonds. The minimum atomic E-state index is -0.681. The lowest BCUT2D eigenvalue weighted by atomic mass is 10.1. The number of anilines is 1.